The van der Waals surface area contributed by atoms with Gasteiger partial charge in [0.15, 0.2) is 11.5 Å². The van der Waals surface area contributed by atoms with Crippen LogP contribution in [0.15, 0.2) is 24.4 Å². The third-order valence-electron chi connectivity index (χ3n) is 3.53. The molecule has 0 bridgehead atoms. The van der Waals surface area contributed by atoms with E-state index < -0.39 is 0 Å². The first kappa shape index (κ1) is 15.4. The Hall–Kier alpha value is -2.01. The van der Waals surface area contributed by atoms with Gasteiger partial charge in [-0.2, -0.15) is 0 Å². The molecule has 114 valence electrons. The van der Waals surface area contributed by atoms with Crippen LogP contribution in [0.4, 0.5) is 5.82 Å². The molecule has 5 nitrogen and oxygen atoms in total. The van der Waals surface area contributed by atoms with Crippen molar-refractivity contribution in [3.8, 4) is 11.5 Å². The van der Waals surface area contributed by atoms with Gasteiger partial charge in [0.05, 0.1) is 14.2 Å². The number of hydrogen-bond donors (Lipinski definition) is 1. The number of rotatable bonds is 7. The lowest BCUT2D eigenvalue weighted by Crippen LogP contribution is -2.23. The Bertz CT molecular complexity index is 601. The molecule has 1 aromatic carbocycles. The Kier molecular flexibility index (Phi) is 5.22. The maximum atomic E-state index is 5.40. The lowest BCUT2D eigenvalue weighted by Gasteiger charge is -2.20. The number of nitrogens with one attached hydrogen (secondary N) is 1. The summed E-state index contributed by atoms with van der Waals surface area (Å²) in [5.74, 6) is 2.42. The molecule has 0 aliphatic heterocycles. The zero-order valence-corrected chi connectivity index (χ0v) is 13.1. The number of fused-ring (bicyclic) bond motifs is 1. The van der Waals surface area contributed by atoms with Crippen LogP contribution in [0.3, 0.4) is 0 Å². The largest absolute Gasteiger partial charge is 0.493 e. The predicted octanol–water partition coefficient (Wildman–Crippen LogP) is 2.30. The summed E-state index contributed by atoms with van der Waals surface area (Å²) in [7, 11) is 7.33. The lowest BCUT2D eigenvalue weighted by molar-refractivity contribution is 0.356. The quantitative estimate of drug-likeness (QED) is 0.793. The van der Waals surface area contributed by atoms with E-state index in [1.807, 2.05) is 31.4 Å². The van der Waals surface area contributed by atoms with Gasteiger partial charge < -0.3 is 19.7 Å². The van der Waals surface area contributed by atoms with Crippen molar-refractivity contribution in [1.82, 2.24) is 10.3 Å². The van der Waals surface area contributed by atoms with Gasteiger partial charge in [-0.15, -0.1) is 0 Å². The average molecular weight is 289 g/mol. The minimum atomic E-state index is 0.725. The second-order valence-corrected chi connectivity index (χ2v) is 4.94. The third-order valence-corrected chi connectivity index (χ3v) is 3.53. The van der Waals surface area contributed by atoms with Crippen molar-refractivity contribution < 1.29 is 9.47 Å². The summed E-state index contributed by atoms with van der Waals surface area (Å²) in [6, 6.07) is 5.97. The van der Waals surface area contributed by atoms with Crippen molar-refractivity contribution in [2.24, 2.45) is 0 Å². The molecule has 1 heterocycles. The molecule has 0 unspecified atom stereocenters. The topological polar surface area (TPSA) is 46.6 Å². The Balaban J connectivity index is 2.39. The molecule has 0 aliphatic rings. The highest BCUT2D eigenvalue weighted by Crippen LogP contribution is 2.35. The maximum absolute atomic E-state index is 5.40. The molecule has 5 heteroatoms. The smallest absolute Gasteiger partial charge is 0.161 e. The molecule has 2 rings (SSSR count). The number of pyridine rings is 1. The highest BCUT2D eigenvalue weighted by molar-refractivity contribution is 5.94. The van der Waals surface area contributed by atoms with E-state index in [1.54, 1.807) is 14.2 Å². The van der Waals surface area contributed by atoms with Gasteiger partial charge in [0.25, 0.3) is 0 Å². The van der Waals surface area contributed by atoms with E-state index in [1.165, 1.54) is 0 Å². The fourth-order valence-electron chi connectivity index (χ4n) is 2.39. The summed E-state index contributed by atoms with van der Waals surface area (Å²) in [6.45, 7) is 1.94. The van der Waals surface area contributed by atoms with Gasteiger partial charge in [-0.1, -0.05) is 0 Å². The Labute approximate surface area is 125 Å². The monoisotopic (exact) mass is 289 g/mol. The van der Waals surface area contributed by atoms with Crippen LogP contribution in [0.2, 0.25) is 0 Å². The van der Waals surface area contributed by atoms with Crippen LogP contribution >= 0.6 is 0 Å². The predicted molar refractivity (Wildman–Crippen MR) is 86.7 cm³/mol. The second-order valence-electron chi connectivity index (χ2n) is 4.94. The molecule has 0 amide bonds. The van der Waals surface area contributed by atoms with Crippen LogP contribution in [-0.2, 0) is 0 Å². The van der Waals surface area contributed by atoms with E-state index in [9.17, 15) is 0 Å². The van der Waals surface area contributed by atoms with E-state index in [0.717, 1.165) is 47.6 Å². The van der Waals surface area contributed by atoms with Gasteiger partial charge in [-0.05, 0) is 43.6 Å². The van der Waals surface area contributed by atoms with Crippen molar-refractivity contribution in [2.75, 3.05) is 46.3 Å². The van der Waals surface area contributed by atoms with Gasteiger partial charge in [-0.25, -0.2) is 4.98 Å². The Morgan fingerprint density at radius 1 is 1.19 bits per heavy atom. The Morgan fingerprint density at radius 2 is 1.90 bits per heavy atom. The first-order chi connectivity index (χ1) is 10.2. The van der Waals surface area contributed by atoms with Crippen molar-refractivity contribution in [3.63, 3.8) is 0 Å². The Morgan fingerprint density at radius 3 is 2.57 bits per heavy atom. The molecule has 1 aromatic heterocycles. The van der Waals surface area contributed by atoms with E-state index >= 15 is 0 Å². The van der Waals surface area contributed by atoms with Crippen molar-refractivity contribution in [3.05, 3.63) is 24.4 Å². The van der Waals surface area contributed by atoms with Crippen LogP contribution in [0, 0.1) is 0 Å². The molecule has 1 N–H and O–H groups in total. The summed E-state index contributed by atoms with van der Waals surface area (Å²) in [5, 5.41) is 5.33. The molecule has 0 atom stereocenters. The number of aromatic nitrogens is 1. The highest BCUT2D eigenvalue weighted by Gasteiger charge is 2.12. The van der Waals surface area contributed by atoms with Crippen LogP contribution in [0.5, 0.6) is 11.5 Å². The van der Waals surface area contributed by atoms with E-state index in [-0.39, 0.29) is 0 Å². The number of benzene rings is 1. The molecule has 0 spiro atoms. The van der Waals surface area contributed by atoms with Crippen LogP contribution < -0.4 is 19.7 Å². The second kappa shape index (κ2) is 7.13. The van der Waals surface area contributed by atoms with Crippen LogP contribution in [-0.4, -0.2) is 46.4 Å². The molecular weight excluding hydrogens is 266 g/mol. The van der Waals surface area contributed by atoms with E-state index in [2.05, 4.69) is 22.2 Å². The van der Waals surface area contributed by atoms with Crippen molar-refractivity contribution in [2.45, 2.75) is 6.42 Å². The number of nitrogens with zero attached hydrogens (tertiary/aromatic N) is 2. The van der Waals surface area contributed by atoms with Gasteiger partial charge in [0.1, 0.15) is 5.82 Å². The molecule has 0 saturated heterocycles. The maximum Gasteiger partial charge on any atom is 0.161 e. The SMILES string of the molecule is CNCCCN(C)c1nccc2cc(OC)c(OC)cc12. The molecule has 0 saturated carbocycles. The summed E-state index contributed by atoms with van der Waals surface area (Å²) >= 11 is 0. The summed E-state index contributed by atoms with van der Waals surface area (Å²) in [5.41, 5.74) is 0. The first-order valence-electron chi connectivity index (χ1n) is 7.07. The fraction of sp³-hybridized carbons (Fsp3) is 0.438. The van der Waals surface area contributed by atoms with Crippen LogP contribution in [0.1, 0.15) is 6.42 Å². The van der Waals surface area contributed by atoms with Crippen molar-refractivity contribution in [1.29, 1.82) is 0 Å². The molecular formula is C16H23N3O2. The molecule has 2 aromatic rings. The molecule has 0 fully saturated rings. The fourth-order valence-corrected chi connectivity index (χ4v) is 2.39. The van der Waals surface area contributed by atoms with Gasteiger partial charge >= 0.3 is 0 Å². The standard InChI is InChI=1S/C16H23N3O2/c1-17-7-5-9-19(2)16-13-11-15(21-4)14(20-3)10-12(13)6-8-18-16/h6,8,10-11,17H,5,7,9H2,1-4H3. The molecule has 0 aliphatic carbocycles. The van der Waals surface area contributed by atoms with Crippen LogP contribution in [0.25, 0.3) is 10.8 Å². The summed E-state index contributed by atoms with van der Waals surface area (Å²) < 4.78 is 10.8. The average Bonchev–Trinajstić information content (AvgIpc) is 2.52. The summed E-state index contributed by atoms with van der Waals surface area (Å²) in [4.78, 5) is 6.70. The van der Waals surface area contributed by atoms with Gasteiger partial charge in [0.2, 0.25) is 0 Å². The minimum Gasteiger partial charge on any atom is -0.493 e. The zero-order chi connectivity index (χ0) is 15.2. The van der Waals surface area contributed by atoms with Crippen molar-refractivity contribution >= 4 is 16.6 Å². The number of anilines is 1. The number of hydrogen-bond acceptors (Lipinski definition) is 5. The highest BCUT2D eigenvalue weighted by atomic mass is 16.5. The minimum absolute atomic E-state index is 0.725. The number of ether oxygens (including phenoxy) is 2. The van der Waals surface area contributed by atoms with E-state index in [0.29, 0.717) is 0 Å². The van der Waals surface area contributed by atoms with Gasteiger partial charge in [0, 0.05) is 25.2 Å². The zero-order valence-electron chi connectivity index (χ0n) is 13.1. The normalized spacial score (nSPS) is 10.7. The lowest BCUT2D eigenvalue weighted by atomic mass is 10.1. The molecule has 0 radical (unpaired) electrons. The molecule has 21 heavy (non-hydrogen) atoms. The van der Waals surface area contributed by atoms with E-state index in [4.69, 9.17) is 9.47 Å². The summed E-state index contributed by atoms with van der Waals surface area (Å²) in [6.07, 6.45) is 2.90. The third kappa shape index (κ3) is 3.36. The van der Waals surface area contributed by atoms with Gasteiger partial charge in [-0.3, -0.25) is 0 Å². The first-order valence-corrected chi connectivity index (χ1v) is 7.07. The number of methoxy groups -OCH3 is 2.